The zero-order valence-electron chi connectivity index (χ0n) is 18.9. The molecule has 1 saturated heterocycles. The topological polar surface area (TPSA) is 95.9 Å². The van der Waals surface area contributed by atoms with Gasteiger partial charge in [0.2, 0.25) is 11.8 Å². The first-order valence-electron chi connectivity index (χ1n) is 11.5. The second-order valence-corrected chi connectivity index (χ2v) is 8.73. The molecule has 0 aromatic heterocycles. The number of esters is 1. The number of rotatable bonds is 7. The van der Waals surface area contributed by atoms with Gasteiger partial charge >= 0.3 is 5.97 Å². The lowest BCUT2D eigenvalue weighted by Gasteiger charge is -2.32. The summed E-state index contributed by atoms with van der Waals surface area (Å²) in [6.07, 6.45) is 4.16. The van der Waals surface area contributed by atoms with Crippen molar-refractivity contribution >= 4 is 34.2 Å². The highest BCUT2D eigenvalue weighted by Gasteiger charge is 2.56. The van der Waals surface area contributed by atoms with Gasteiger partial charge in [-0.3, -0.25) is 14.4 Å². The Morgan fingerprint density at radius 1 is 1.12 bits per heavy atom. The number of hydrogen-bond acceptors (Lipinski definition) is 5. The highest BCUT2D eigenvalue weighted by Crippen LogP contribution is 2.44. The van der Waals surface area contributed by atoms with E-state index in [1.165, 1.54) is 4.90 Å². The number of benzene rings is 2. The van der Waals surface area contributed by atoms with Crippen LogP contribution >= 0.6 is 0 Å². The molecule has 2 aromatic rings. The maximum atomic E-state index is 13.5. The number of nitrogens with zero attached hydrogens (tertiary/aromatic N) is 1. The predicted octanol–water partition coefficient (Wildman–Crippen LogP) is 2.99. The molecule has 0 saturated carbocycles. The Morgan fingerprint density at radius 2 is 1.88 bits per heavy atom. The number of aliphatic hydroxyl groups is 1. The van der Waals surface area contributed by atoms with Crippen LogP contribution in [-0.2, 0) is 19.1 Å². The average Bonchev–Trinajstić information content (AvgIpc) is 3.09. The normalized spacial score (nSPS) is 26.3. The number of fused-ring (bicyclic) bond motifs is 2. The maximum Gasteiger partial charge on any atom is 0.310 e. The molecular formula is C26H30N2O5. The number of allylic oxidation sites excluding steroid dienone is 1. The van der Waals surface area contributed by atoms with Crippen molar-refractivity contribution in [3.8, 4) is 0 Å². The van der Waals surface area contributed by atoms with Crippen LogP contribution in [0.5, 0.6) is 0 Å². The van der Waals surface area contributed by atoms with Crippen molar-refractivity contribution < 1.29 is 24.2 Å². The van der Waals surface area contributed by atoms with Gasteiger partial charge in [0, 0.05) is 24.8 Å². The fourth-order valence-electron chi connectivity index (χ4n) is 5.16. The molecule has 33 heavy (non-hydrogen) atoms. The Kier molecular flexibility index (Phi) is 6.79. The summed E-state index contributed by atoms with van der Waals surface area (Å²) < 4.78 is 5.27. The molecule has 7 heteroatoms. The molecule has 174 valence electrons. The number of carbonyl (C=O) groups excluding carboxylic acids is 3. The van der Waals surface area contributed by atoms with Crippen LogP contribution in [0.2, 0.25) is 0 Å². The SMILES string of the molecule is CCOC(=O)[C@H]1[C@@H]2C(=O)N(CCCO)[C@H](C(=O)Nc3ccc4ccccc4c3)[C@H]2C=C[C@H]1C. The maximum absolute atomic E-state index is 13.5. The van der Waals surface area contributed by atoms with E-state index >= 15 is 0 Å². The van der Waals surface area contributed by atoms with Gasteiger partial charge in [0.25, 0.3) is 0 Å². The molecule has 1 aliphatic heterocycles. The number of ether oxygens (including phenoxy) is 1. The van der Waals surface area contributed by atoms with E-state index in [1.54, 1.807) is 6.92 Å². The minimum Gasteiger partial charge on any atom is -0.466 e. The van der Waals surface area contributed by atoms with Crippen molar-refractivity contribution in [1.82, 2.24) is 4.90 Å². The van der Waals surface area contributed by atoms with Crippen molar-refractivity contribution in [2.75, 3.05) is 25.1 Å². The van der Waals surface area contributed by atoms with Gasteiger partial charge in [-0.15, -0.1) is 0 Å². The van der Waals surface area contributed by atoms with E-state index in [0.717, 1.165) is 10.8 Å². The minimum atomic E-state index is -0.763. The zero-order valence-corrected chi connectivity index (χ0v) is 18.9. The molecule has 1 aliphatic carbocycles. The lowest BCUT2D eigenvalue weighted by atomic mass is 9.70. The number of likely N-dealkylation sites (tertiary alicyclic amines) is 1. The number of anilines is 1. The van der Waals surface area contributed by atoms with Crippen molar-refractivity contribution in [1.29, 1.82) is 0 Å². The van der Waals surface area contributed by atoms with Gasteiger partial charge < -0.3 is 20.1 Å². The molecule has 2 amide bonds. The fourth-order valence-corrected chi connectivity index (χ4v) is 5.16. The van der Waals surface area contributed by atoms with Gasteiger partial charge in [0.1, 0.15) is 6.04 Å². The summed E-state index contributed by atoms with van der Waals surface area (Å²) in [5.41, 5.74) is 0.645. The number of hydrogen-bond donors (Lipinski definition) is 2. The van der Waals surface area contributed by atoms with Crippen LogP contribution in [0.4, 0.5) is 5.69 Å². The van der Waals surface area contributed by atoms with Crippen LogP contribution in [0.1, 0.15) is 20.3 Å². The second-order valence-electron chi connectivity index (χ2n) is 8.73. The van der Waals surface area contributed by atoms with E-state index in [-0.39, 0.29) is 37.5 Å². The zero-order chi connectivity index (χ0) is 23.5. The Morgan fingerprint density at radius 3 is 2.61 bits per heavy atom. The lowest BCUT2D eigenvalue weighted by Crippen LogP contribution is -2.44. The highest BCUT2D eigenvalue weighted by molar-refractivity contribution is 6.02. The summed E-state index contributed by atoms with van der Waals surface area (Å²) in [6, 6.07) is 12.8. The van der Waals surface area contributed by atoms with Gasteiger partial charge in [-0.2, -0.15) is 0 Å². The molecule has 2 aromatic carbocycles. The molecule has 0 radical (unpaired) electrons. The van der Waals surface area contributed by atoms with E-state index in [1.807, 2.05) is 61.5 Å². The number of amides is 2. The van der Waals surface area contributed by atoms with E-state index in [2.05, 4.69) is 5.32 Å². The number of aliphatic hydroxyl groups excluding tert-OH is 1. The summed E-state index contributed by atoms with van der Waals surface area (Å²) in [5, 5.41) is 14.4. The van der Waals surface area contributed by atoms with Gasteiger partial charge in [0.15, 0.2) is 0 Å². The van der Waals surface area contributed by atoms with Crippen molar-refractivity contribution in [3.05, 3.63) is 54.6 Å². The summed E-state index contributed by atoms with van der Waals surface area (Å²) in [4.78, 5) is 41.2. The summed E-state index contributed by atoms with van der Waals surface area (Å²) in [5.74, 6) is -2.85. The Hall–Kier alpha value is -3.19. The summed E-state index contributed by atoms with van der Waals surface area (Å²) in [6.45, 7) is 4.02. The Balaban J connectivity index is 1.65. The first-order chi connectivity index (χ1) is 16.0. The quantitative estimate of drug-likeness (QED) is 0.499. The third-order valence-corrected chi connectivity index (χ3v) is 6.68. The average molecular weight is 451 g/mol. The van der Waals surface area contributed by atoms with Crippen LogP contribution in [-0.4, -0.2) is 53.6 Å². The third kappa shape index (κ3) is 4.37. The van der Waals surface area contributed by atoms with Crippen molar-refractivity contribution in [3.63, 3.8) is 0 Å². The fraction of sp³-hybridized carbons (Fsp3) is 0.423. The molecule has 0 bridgehead atoms. The minimum absolute atomic E-state index is 0.0916. The van der Waals surface area contributed by atoms with Crippen molar-refractivity contribution in [2.45, 2.75) is 26.3 Å². The van der Waals surface area contributed by atoms with Crippen LogP contribution in [0.25, 0.3) is 10.8 Å². The number of carbonyl (C=O) groups is 3. The van der Waals surface area contributed by atoms with Crippen LogP contribution in [0.15, 0.2) is 54.6 Å². The summed E-state index contributed by atoms with van der Waals surface area (Å²) in [7, 11) is 0. The molecule has 1 fully saturated rings. The summed E-state index contributed by atoms with van der Waals surface area (Å²) >= 11 is 0. The van der Waals surface area contributed by atoms with Gasteiger partial charge in [-0.05, 0) is 42.2 Å². The molecule has 4 rings (SSSR count). The molecule has 2 N–H and O–H groups in total. The van der Waals surface area contributed by atoms with Gasteiger partial charge in [-0.1, -0.05) is 49.4 Å². The molecule has 5 atom stereocenters. The molecule has 2 aliphatic rings. The standard InChI is InChI=1S/C26H30N2O5/c1-3-33-26(32)21-16(2)9-12-20-22(21)25(31)28(13-6-14-29)23(20)24(30)27-19-11-10-17-7-4-5-8-18(17)15-19/h4-5,7-12,15-16,20-23,29H,3,6,13-14H2,1-2H3,(H,27,30)/t16-,20+,21-,22-,23+/m1/s1. The first-order valence-corrected chi connectivity index (χ1v) is 11.5. The van der Waals surface area contributed by atoms with Gasteiger partial charge in [0.05, 0.1) is 18.4 Å². The highest BCUT2D eigenvalue weighted by atomic mass is 16.5. The van der Waals surface area contributed by atoms with E-state index in [0.29, 0.717) is 12.1 Å². The smallest absolute Gasteiger partial charge is 0.310 e. The Labute approximate surface area is 193 Å². The Bertz CT molecular complexity index is 1080. The third-order valence-electron chi connectivity index (χ3n) is 6.68. The largest absolute Gasteiger partial charge is 0.466 e. The van der Waals surface area contributed by atoms with Crippen LogP contribution < -0.4 is 5.32 Å². The van der Waals surface area contributed by atoms with E-state index in [4.69, 9.17) is 4.74 Å². The van der Waals surface area contributed by atoms with E-state index < -0.39 is 29.8 Å². The van der Waals surface area contributed by atoms with Gasteiger partial charge in [-0.25, -0.2) is 0 Å². The van der Waals surface area contributed by atoms with Crippen molar-refractivity contribution in [2.24, 2.45) is 23.7 Å². The monoisotopic (exact) mass is 450 g/mol. The molecule has 0 unspecified atom stereocenters. The van der Waals surface area contributed by atoms with Crippen LogP contribution in [0.3, 0.4) is 0 Å². The number of nitrogens with one attached hydrogen (secondary N) is 1. The molecular weight excluding hydrogens is 420 g/mol. The molecule has 1 heterocycles. The predicted molar refractivity (Wildman–Crippen MR) is 125 cm³/mol. The lowest BCUT2D eigenvalue weighted by molar-refractivity contribution is -0.155. The van der Waals surface area contributed by atoms with Crippen LogP contribution in [0, 0.1) is 23.7 Å². The molecule has 0 spiro atoms. The van der Waals surface area contributed by atoms with E-state index in [9.17, 15) is 19.5 Å². The second kappa shape index (κ2) is 9.75. The first kappa shape index (κ1) is 23.0. The molecule has 7 nitrogen and oxygen atoms in total.